The molecule has 0 aromatic heterocycles. The molecule has 0 bridgehead atoms. The molecule has 5 nitrogen and oxygen atoms in total. The minimum Gasteiger partial charge on any atom is -0.497 e. The highest BCUT2D eigenvalue weighted by molar-refractivity contribution is 5.77. The second kappa shape index (κ2) is 7.88. The second-order valence-electron chi connectivity index (χ2n) is 5.37. The number of methoxy groups -OCH3 is 1. The van der Waals surface area contributed by atoms with Crippen molar-refractivity contribution in [1.82, 2.24) is 5.32 Å². The molecule has 0 atom stereocenters. The highest BCUT2D eigenvalue weighted by Crippen LogP contribution is 2.24. The number of hydrogen-bond acceptors (Lipinski definition) is 4. The maximum absolute atomic E-state index is 11.9. The molecule has 1 aliphatic rings. The van der Waals surface area contributed by atoms with Crippen LogP contribution in [0.1, 0.15) is 37.7 Å². The third kappa shape index (κ3) is 4.63. The summed E-state index contributed by atoms with van der Waals surface area (Å²) in [6, 6.07) is 5.75. The van der Waals surface area contributed by atoms with Gasteiger partial charge in [0.25, 0.3) is 5.91 Å². The summed E-state index contributed by atoms with van der Waals surface area (Å²) in [4.78, 5) is 11.9. The SMILES string of the molecule is COc1ccc(CN)c(OCC(=O)NC2CCCCC2)c1. The van der Waals surface area contributed by atoms with E-state index in [0.29, 0.717) is 24.1 Å². The van der Waals surface area contributed by atoms with E-state index in [1.54, 1.807) is 13.2 Å². The standard InChI is InChI=1S/C16H24N2O3/c1-20-14-8-7-12(10-17)15(9-14)21-11-16(19)18-13-5-3-2-4-6-13/h7-9,13H,2-6,10-11,17H2,1H3,(H,18,19). The van der Waals surface area contributed by atoms with Crippen molar-refractivity contribution in [3.8, 4) is 11.5 Å². The van der Waals surface area contributed by atoms with E-state index in [0.717, 1.165) is 18.4 Å². The molecule has 0 spiro atoms. The monoisotopic (exact) mass is 292 g/mol. The first-order valence-electron chi connectivity index (χ1n) is 7.52. The van der Waals surface area contributed by atoms with E-state index >= 15 is 0 Å². The Morgan fingerprint density at radius 2 is 2.10 bits per heavy atom. The Morgan fingerprint density at radius 3 is 2.76 bits per heavy atom. The van der Waals surface area contributed by atoms with Gasteiger partial charge < -0.3 is 20.5 Å². The van der Waals surface area contributed by atoms with Crippen LogP contribution in [0, 0.1) is 0 Å². The van der Waals surface area contributed by atoms with Gasteiger partial charge in [-0.15, -0.1) is 0 Å². The van der Waals surface area contributed by atoms with Crippen molar-refractivity contribution in [3.63, 3.8) is 0 Å². The van der Waals surface area contributed by atoms with E-state index in [2.05, 4.69) is 5.32 Å². The first kappa shape index (κ1) is 15.6. The van der Waals surface area contributed by atoms with Gasteiger partial charge in [0, 0.05) is 24.2 Å². The number of amides is 1. The zero-order valence-corrected chi connectivity index (χ0v) is 12.6. The summed E-state index contributed by atoms with van der Waals surface area (Å²) >= 11 is 0. The number of hydrogen-bond donors (Lipinski definition) is 2. The number of benzene rings is 1. The molecule has 0 unspecified atom stereocenters. The van der Waals surface area contributed by atoms with Gasteiger partial charge in [-0.2, -0.15) is 0 Å². The van der Waals surface area contributed by atoms with Crippen molar-refractivity contribution >= 4 is 5.91 Å². The van der Waals surface area contributed by atoms with Gasteiger partial charge in [0.1, 0.15) is 11.5 Å². The van der Waals surface area contributed by atoms with Crippen LogP contribution < -0.4 is 20.5 Å². The van der Waals surface area contributed by atoms with Crippen LogP contribution in [0.2, 0.25) is 0 Å². The van der Waals surface area contributed by atoms with Gasteiger partial charge in [0.15, 0.2) is 6.61 Å². The molecule has 0 aliphatic heterocycles. The van der Waals surface area contributed by atoms with E-state index in [1.807, 2.05) is 12.1 Å². The molecular formula is C16H24N2O3. The van der Waals surface area contributed by atoms with Crippen LogP contribution in [0.4, 0.5) is 0 Å². The zero-order valence-electron chi connectivity index (χ0n) is 12.6. The Kier molecular flexibility index (Phi) is 5.87. The average molecular weight is 292 g/mol. The van der Waals surface area contributed by atoms with Gasteiger partial charge in [0.2, 0.25) is 0 Å². The highest BCUT2D eigenvalue weighted by Gasteiger charge is 2.16. The number of nitrogens with two attached hydrogens (primary N) is 1. The van der Waals surface area contributed by atoms with E-state index in [1.165, 1.54) is 19.3 Å². The lowest BCUT2D eigenvalue weighted by molar-refractivity contribution is -0.124. The predicted octanol–water partition coefficient (Wildman–Crippen LogP) is 1.98. The minimum atomic E-state index is -0.0762. The van der Waals surface area contributed by atoms with Gasteiger partial charge >= 0.3 is 0 Å². The van der Waals surface area contributed by atoms with E-state index in [4.69, 9.17) is 15.2 Å². The summed E-state index contributed by atoms with van der Waals surface area (Å²) in [5, 5.41) is 3.03. The molecule has 0 heterocycles. The van der Waals surface area contributed by atoms with Gasteiger partial charge in [-0.1, -0.05) is 25.3 Å². The summed E-state index contributed by atoms with van der Waals surface area (Å²) in [6.07, 6.45) is 5.79. The first-order chi connectivity index (χ1) is 10.2. The van der Waals surface area contributed by atoms with E-state index in [-0.39, 0.29) is 12.5 Å². The number of carbonyl (C=O) groups excluding carboxylic acids is 1. The summed E-state index contributed by atoms with van der Waals surface area (Å²) in [5.74, 6) is 1.22. The number of ether oxygens (including phenoxy) is 2. The molecule has 21 heavy (non-hydrogen) atoms. The zero-order chi connectivity index (χ0) is 15.1. The number of nitrogens with one attached hydrogen (secondary N) is 1. The predicted molar refractivity (Wildman–Crippen MR) is 81.4 cm³/mol. The molecule has 1 saturated carbocycles. The van der Waals surface area contributed by atoms with Crippen LogP contribution in [-0.2, 0) is 11.3 Å². The lowest BCUT2D eigenvalue weighted by Crippen LogP contribution is -2.39. The molecule has 1 fully saturated rings. The molecule has 0 radical (unpaired) electrons. The van der Waals surface area contributed by atoms with Gasteiger partial charge in [-0.05, 0) is 18.9 Å². The minimum absolute atomic E-state index is 0.0106. The Hall–Kier alpha value is -1.75. The molecule has 5 heteroatoms. The topological polar surface area (TPSA) is 73.6 Å². The number of rotatable bonds is 6. The van der Waals surface area contributed by atoms with Crippen LogP contribution in [0.3, 0.4) is 0 Å². The molecular weight excluding hydrogens is 268 g/mol. The Balaban J connectivity index is 1.87. The van der Waals surface area contributed by atoms with Crippen molar-refractivity contribution in [1.29, 1.82) is 0 Å². The van der Waals surface area contributed by atoms with E-state index < -0.39 is 0 Å². The van der Waals surface area contributed by atoms with E-state index in [9.17, 15) is 4.79 Å². The Bertz CT molecular complexity index is 471. The largest absolute Gasteiger partial charge is 0.497 e. The normalized spacial score (nSPS) is 15.5. The third-order valence-electron chi connectivity index (χ3n) is 3.82. The summed E-state index contributed by atoms with van der Waals surface area (Å²) < 4.78 is 10.8. The molecule has 1 aromatic carbocycles. The summed E-state index contributed by atoms with van der Waals surface area (Å²) in [5.41, 5.74) is 6.54. The molecule has 2 rings (SSSR count). The fraction of sp³-hybridized carbons (Fsp3) is 0.562. The van der Waals surface area contributed by atoms with Crippen LogP contribution in [0.25, 0.3) is 0 Å². The third-order valence-corrected chi connectivity index (χ3v) is 3.82. The Morgan fingerprint density at radius 1 is 1.33 bits per heavy atom. The summed E-state index contributed by atoms with van der Waals surface area (Å²) in [6.45, 7) is 0.375. The van der Waals surface area contributed by atoms with Crippen molar-refractivity contribution in [2.75, 3.05) is 13.7 Å². The quantitative estimate of drug-likeness (QED) is 0.841. The van der Waals surface area contributed by atoms with Crippen molar-refractivity contribution in [2.45, 2.75) is 44.7 Å². The lowest BCUT2D eigenvalue weighted by Gasteiger charge is -2.22. The molecule has 3 N–H and O–H groups in total. The molecule has 1 aromatic rings. The molecule has 1 aliphatic carbocycles. The van der Waals surface area contributed by atoms with Crippen molar-refractivity contribution in [3.05, 3.63) is 23.8 Å². The highest BCUT2D eigenvalue weighted by atomic mass is 16.5. The second-order valence-corrected chi connectivity index (χ2v) is 5.37. The molecule has 1 amide bonds. The average Bonchev–Trinajstić information content (AvgIpc) is 2.53. The first-order valence-corrected chi connectivity index (χ1v) is 7.52. The van der Waals surface area contributed by atoms with Crippen molar-refractivity contribution in [2.24, 2.45) is 5.73 Å². The van der Waals surface area contributed by atoms with Gasteiger partial charge in [-0.3, -0.25) is 4.79 Å². The lowest BCUT2D eigenvalue weighted by atomic mass is 9.95. The fourth-order valence-corrected chi connectivity index (χ4v) is 2.62. The van der Waals surface area contributed by atoms with Crippen LogP contribution in [0.15, 0.2) is 18.2 Å². The van der Waals surface area contributed by atoms with Crippen LogP contribution >= 0.6 is 0 Å². The van der Waals surface area contributed by atoms with Gasteiger partial charge in [0.05, 0.1) is 7.11 Å². The molecule has 0 saturated heterocycles. The number of carbonyl (C=O) groups is 1. The Labute approximate surface area is 125 Å². The maximum Gasteiger partial charge on any atom is 0.258 e. The van der Waals surface area contributed by atoms with Crippen LogP contribution in [0.5, 0.6) is 11.5 Å². The molecule has 116 valence electrons. The summed E-state index contributed by atoms with van der Waals surface area (Å²) in [7, 11) is 1.59. The van der Waals surface area contributed by atoms with Gasteiger partial charge in [-0.25, -0.2) is 0 Å². The van der Waals surface area contributed by atoms with Crippen LogP contribution in [-0.4, -0.2) is 25.7 Å². The smallest absolute Gasteiger partial charge is 0.258 e. The van der Waals surface area contributed by atoms with Crippen molar-refractivity contribution < 1.29 is 14.3 Å². The maximum atomic E-state index is 11.9. The fourth-order valence-electron chi connectivity index (χ4n) is 2.62.